The minimum Gasteiger partial charge on any atom is -0.456 e. The Balaban J connectivity index is 2.10. The van der Waals surface area contributed by atoms with E-state index in [1.807, 2.05) is 12.1 Å². The number of aromatic nitrogens is 1. The molecule has 1 heterocycles. The van der Waals surface area contributed by atoms with E-state index >= 15 is 0 Å². The first-order valence-electron chi connectivity index (χ1n) is 6.45. The van der Waals surface area contributed by atoms with Crippen LogP contribution >= 0.6 is 0 Å². The molecule has 2 rings (SSSR count). The van der Waals surface area contributed by atoms with Gasteiger partial charge in [0.1, 0.15) is 24.6 Å². The minimum atomic E-state index is -0.365. The fourth-order valence-electron chi connectivity index (χ4n) is 1.76. The first kappa shape index (κ1) is 15.0. The maximum Gasteiger partial charge on any atom is 0.255 e. The van der Waals surface area contributed by atoms with E-state index in [4.69, 9.17) is 15.3 Å². The molecule has 0 aliphatic heterocycles. The number of rotatable bonds is 5. The SMILES string of the molecule is N#CCN(CC#N)C(=O)c1ccc(Oc2cccnc2)cc1. The van der Waals surface area contributed by atoms with Gasteiger partial charge in [-0.25, -0.2) is 0 Å². The summed E-state index contributed by atoms with van der Waals surface area (Å²) < 4.78 is 5.58. The van der Waals surface area contributed by atoms with Crippen LogP contribution in [-0.4, -0.2) is 28.9 Å². The molecular formula is C16H12N4O2. The second-order valence-electron chi connectivity index (χ2n) is 4.29. The molecule has 6 nitrogen and oxygen atoms in total. The van der Waals surface area contributed by atoms with E-state index in [-0.39, 0.29) is 19.0 Å². The largest absolute Gasteiger partial charge is 0.456 e. The molecule has 1 amide bonds. The summed E-state index contributed by atoms with van der Waals surface area (Å²) in [7, 11) is 0. The van der Waals surface area contributed by atoms with E-state index in [1.165, 1.54) is 4.90 Å². The Kier molecular flexibility index (Phi) is 5.06. The van der Waals surface area contributed by atoms with E-state index in [0.29, 0.717) is 17.1 Å². The van der Waals surface area contributed by atoms with Crippen molar-refractivity contribution in [3.05, 3.63) is 54.4 Å². The Morgan fingerprint density at radius 2 is 1.77 bits per heavy atom. The summed E-state index contributed by atoms with van der Waals surface area (Å²) in [6.45, 7) is -0.249. The number of nitriles is 2. The van der Waals surface area contributed by atoms with Gasteiger partial charge in [-0.3, -0.25) is 9.78 Å². The molecule has 22 heavy (non-hydrogen) atoms. The molecule has 0 unspecified atom stereocenters. The molecule has 0 aliphatic rings. The van der Waals surface area contributed by atoms with Gasteiger partial charge in [-0.1, -0.05) is 0 Å². The molecule has 0 saturated heterocycles. The lowest BCUT2D eigenvalue weighted by Gasteiger charge is -2.15. The molecule has 0 fully saturated rings. The molecule has 2 aromatic rings. The summed E-state index contributed by atoms with van der Waals surface area (Å²) in [5.74, 6) is 0.796. The Hall–Kier alpha value is -3.38. The number of benzene rings is 1. The van der Waals surface area contributed by atoms with Crippen molar-refractivity contribution >= 4 is 5.91 Å². The van der Waals surface area contributed by atoms with Gasteiger partial charge >= 0.3 is 0 Å². The third kappa shape index (κ3) is 3.81. The highest BCUT2D eigenvalue weighted by atomic mass is 16.5. The van der Waals surface area contributed by atoms with Crippen LogP contribution in [0.5, 0.6) is 11.5 Å². The van der Waals surface area contributed by atoms with Gasteiger partial charge in [0.2, 0.25) is 0 Å². The number of hydrogen-bond donors (Lipinski definition) is 0. The highest BCUT2D eigenvalue weighted by molar-refractivity contribution is 5.94. The van der Waals surface area contributed by atoms with Gasteiger partial charge in [0.05, 0.1) is 18.3 Å². The molecule has 0 spiro atoms. The number of ether oxygens (including phenoxy) is 1. The molecule has 1 aromatic carbocycles. The standard InChI is InChI=1S/C16H12N4O2/c17-7-10-20(11-8-18)16(21)13-3-5-14(6-4-13)22-15-2-1-9-19-12-15/h1-6,9,12H,10-11H2. The summed E-state index contributed by atoms with van der Waals surface area (Å²) in [6.07, 6.45) is 3.23. The molecule has 0 N–H and O–H groups in total. The Morgan fingerprint density at radius 1 is 1.09 bits per heavy atom. The van der Waals surface area contributed by atoms with Crippen molar-refractivity contribution in [1.29, 1.82) is 10.5 Å². The predicted octanol–water partition coefficient (Wildman–Crippen LogP) is 2.36. The van der Waals surface area contributed by atoms with Crippen molar-refractivity contribution in [2.24, 2.45) is 0 Å². The summed E-state index contributed by atoms with van der Waals surface area (Å²) in [6, 6.07) is 13.8. The van der Waals surface area contributed by atoms with Gasteiger partial charge in [0, 0.05) is 11.8 Å². The zero-order valence-corrected chi connectivity index (χ0v) is 11.6. The molecule has 0 saturated carbocycles. The fraction of sp³-hybridized carbons (Fsp3) is 0.125. The lowest BCUT2D eigenvalue weighted by Crippen LogP contribution is -2.31. The van der Waals surface area contributed by atoms with Gasteiger partial charge in [0.15, 0.2) is 0 Å². The number of nitrogens with zero attached hydrogens (tertiary/aromatic N) is 4. The molecule has 0 bridgehead atoms. The van der Waals surface area contributed by atoms with Crippen molar-refractivity contribution < 1.29 is 9.53 Å². The van der Waals surface area contributed by atoms with Crippen LogP contribution in [-0.2, 0) is 0 Å². The lowest BCUT2D eigenvalue weighted by atomic mass is 10.2. The van der Waals surface area contributed by atoms with Crippen LogP contribution in [0.15, 0.2) is 48.8 Å². The number of hydrogen-bond acceptors (Lipinski definition) is 5. The van der Waals surface area contributed by atoms with E-state index in [0.717, 1.165) is 0 Å². The number of carbonyl (C=O) groups is 1. The van der Waals surface area contributed by atoms with E-state index in [2.05, 4.69) is 4.98 Å². The maximum absolute atomic E-state index is 12.2. The molecule has 0 radical (unpaired) electrons. The summed E-state index contributed by atoms with van der Waals surface area (Å²) in [5, 5.41) is 17.4. The molecular weight excluding hydrogens is 280 g/mol. The normalized spacial score (nSPS) is 9.36. The summed E-state index contributed by atoms with van der Waals surface area (Å²) >= 11 is 0. The monoisotopic (exact) mass is 292 g/mol. The van der Waals surface area contributed by atoms with Crippen LogP contribution in [0.1, 0.15) is 10.4 Å². The fourth-order valence-corrected chi connectivity index (χ4v) is 1.76. The highest BCUT2D eigenvalue weighted by Gasteiger charge is 2.15. The van der Waals surface area contributed by atoms with E-state index in [1.54, 1.807) is 48.8 Å². The van der Waals surface area contributed by atoms with E-state index < -0.39 is 0 Å². The summed E-state index contributed by atoms with van der Waals surface area (Å²) in [5.41, 5.74) is 0.393. The number of amides is 1. The van der Waals surface area contributed by atoms with Crippen LogP contribution in [0.4, 0.5) is 0 Å². The van der Waals surface area contributed by atoms with Gasteiger partial charge in [-0.15, -0.1) is 0 Å². The Morgan fingerprint density at radius 3 is 2.32 bits per heavy atom. The second-order valence-corrected chi connectivity index (χ2v) is 4.29. The van der Waals surface area contributed by atoms with Crippen LogP contribution in [0.3, 0.4) is 0 Å². The number of carbonyl (C=O) groups excluding carboxylic acids is 1. The third-order valence-corrected chi connectivity index (χ3v) is 2.78. The molecule has 1 aromatic heterocycles. The smallest absolute Gasteiger partial charge is 0.255 e. The molecule has 0 atom stereocenters. The van der Waals surface area contributed by atoms with Crippen molar-refractivity contribution in [2.45, 2.75) is 0 Å². The average molecular weight is 292 g/mol. The van der Waals surface area contributed by atoms with Crippen LogP contribution in [0, 0.1) is 22.7 Å². The van der Waals surface area contributed by atoms with Crippen molar-refractivity contribution in [3.63, 3.8) is 0 Å². The molecule has 108 valence electrons. The van der Waals surface area contributed by atoms with Crippen LogP contribution in [0.2, 0.25) is 0 Å². The third-order valence-electron chi connectivity index (χ3n) is 2.78. The predicted molar refractivity (Wildman–Crippen MR) is 77.9 cm³/mol. The van der Waals surface area contributed by atoms with Crippen LogP contribution in [0.25, 0.3) is 0 Å². The van der Waals surface area contributed by atoms with Crippen LogP contribution < -0.4 is 4.74 Å². The average Bonchev–Trinajstić information content (AvgIpc) is 2.56. The molecule has 6 heteroatoms. The van der Waals surface area contributed by atoms with Gasteiger partial charge < -0.3 is 9.64 Å². The van der Waals surface area contributed by atoms with Gasteiger partial charge in [-0.05, 0) is 36.4 Å². The second kappa shape index (κ2) is 7.41. The lowest BCUT2D eigenvalue weighted by molar-refractivity contribution is 0.0794. The molecule has 0 aliphatic carbocycles. The number of pyridine rings is 1. The maximum atomic E-state index is 12.2. The van der Waals surface area contributed by atoms with Gasteiger partial charge in [-0.2, -0.15) is 10.5 Å². The Labute approximate surface area is 127 Å². The zero-order valence-electron chi connectivity index (χ0n) is 11.6. The van der Waals surface area contributed by atoms with E-state index in [9.17, 15) is 4.79 Å². The summed E-state index contributed by atoms with van der Waals surface area (Å²) in [4.78, 5) is 17.3. The van der Waals surface area contributed by atoms with Gasteiger partial charge in [0.25, 0.3) is 5.91 Å². The van der Waals surface area contributed by atoms with Crippen molar-refractivity contribution in [2.75, 3.05) is 13.1 Å². The zero-order chi connectivity index (χ0) is 15.8. The first-order chi connectivity index (χ1) is 10.7. The first-order valence-corrected chi connectivity index (χ1v) is 6.45. The Bertz CT molecular complexity index is 699. The quantitative estimate of drug-likeness (QED) is 0.789. The van der Waals surface area contributed by atoms with Crippen molar-refractivity contribution in [3.8, 4) is 23.6 Å². The van der Waals surface area contributed by atoms with Crippen molar-refractivity contribution in [1.82, 2.24) is 9.88 Å². The topological polar surface area (TPSA) is 90.0 Å². The highest BCUT2D eigenvalue weighted by Crippen LogP contribution is 2.20. The minimum absolute atomic E-state index is 0.125.